The van der Waals surface area contributed by atoms with Crippen LogP contribution in [0.15, 0.2) is 92.7 Å². The fourth-order valence-electron chi connectivity index (χ4n) is 4.00. The van der Waals surface area contributed by atoms with Gasteiger partial charge in [-0.1, -0.05) is 48.5 Å². The Balaban J connectivity index is 1.37. The molecule has 0 aliphatic carbocycles. The van der Waals surface area contributed by atoms with Crippen molar-refractivity contribution in [3.8, 4) is 11.5 Å². The molecule has 6 nitrogen and oxygen atoms in total. The van der Waals surface area contributed by atoms with Crippen LogP contribution in [0.1, 0.15) is 21.5 Å². The largest absolute Gasteiger partial charge is 0.493 e. The first-order chi connectivity index (χ1) is 18.3. The second-order valence-electron chi connectivity index (χ2n) is 8.35. The van der Waals surface area contributed by atoms with Crippen LogP contribution in [0.3, 0.4) is 0 Å². The summed E-state index contributed by atoms with van der Waals surface area (Å²) in [6.07, 6.45) is 1.62. The first-order valence-electron chi connectivity index (χ1n) is 11.4. The van der Waals surface area contributed by atoms with Gasteiger partial charge >= 0.3 is 5.97 Å². The van der Waals surface area contributed by atoms with Crippen molar-refractivity contribution < 1.29 is 23.9 Å². The summed E-state index contributed by atoms with van der Waals surface area (Å²) in [4.78, 5) is 40.1. The van der Waals surface area contributed by atoms with Crippen LogP contribution >= 0.6 is 43.6 Å². The summed E-state index contributed by atoms with van der Waals surface area (Å²) in [5.41, 5.74) is 1.84. The number of halogens is 2. The second-order valence-corrected chi connectivity index (χ2v) is 11.1. The van der Waals surface area contributed by atoms with E-state index in [0.29, 0.717) is 30.7 Å². The van der Waals surface area contributed by atoms with Gasteiger partial charge in [0.15, 0.2) is 11.5 Å². The van der Waals surface area contributed by atoms with Crippen LogP contribution in [0.25, 0.3) is 16.8 Å². The van der Waals surface area contributed by atoms with Crippen LogP contribution in [-0.4, -0.2) is 29.1 Å². The molecule has 1 heterocycles. The summed E-state index contributed by atoms with van der Waals surface area (Å²) in [7, 11) is 1.46. The predicted octanol–water partition coefficient (Wildman–Crippen LogP) is 7.83. The first-order valence-corrected chi connectivity index (χ1v) is 13.8. The number of fused-ring (bicyclic) bond motifs is 1. The van der Waals surface area contributed by atoms with E-state index in [4.69, 9.17) is 9.47 Å². The predicted molar refractivity (Wildman–Crippen MR) is 155 cm³/mol. The van der Waals surface area contributed by atoms with Gasteiger partial charge in [0.05, 0.1) is 28.6 Å². The van der Waals surface area contributed by atoms with Crippen molar-refractivity contribution in [1.29, 1.82) is 0 Å². The highest BCUT2D eigenvalue weighted by Crippen LogP contribution is 2.40. The van der Waals surface area contributed by atoms with E-state index in [1.165, 1.54) is 12.0 Å². The lowest BCUT2D eigenvalue weighted by Gasteiger charge is -2.13. The lowest BCUT2D eigenvalue weighted by atomic mass is 10.1. The van der Waals surface area contributed by atoms with Crippen molar-refractivity contribution in [2.75, 3.05) is 7.11 Å². The van der Waals surface area contributed by atoms with Gasteiger partial charge in [0, 0.05) is 4.47 Å². The van der Waals surface area contributed by atoms with Gasteiger partial charge in [-0.25, -0.2) is 4.79 Å². The van der Waals surface area contributed by atoms with E-state index in [9.17, 15) is 14.4 Å². The van der Waals surface area contributed by atoms with Crippen molar-refractivity contribution in [3.63, 3.8) is 0 Å². The molecular weight excluding hydrogens is 634 g/mol. The maximum atomic E-state index is 13.1. The lowest BCUT2D eigenvalue weighted by molar-refractivity contribution is -0.123. The molecule has 4 aromatic rings. The van der Waals surface area contributed by atoms with Crippen molar-refractivity contribution in [3.05, 3.63) is 109 Å². The van der Waals surface area contributed by atoms with Crippen LogP contribution in [-0.2, 0) is 11.3 Å². The molecule has 0 saturated carbocycles. The molecule has 0 N–H and O–H groups in total. The van der Waals surface area contributed by atoms with E-state index in [1.54, 1.807) is 42.5 Å². The standard InChI is InChI=1S/C29H19Br2NO5S/c1-36-24-14-18(13-23(31)26(24)37-28(34)21-8-4-5-9-22(21)30)15-25-27(33)32(29(35)38-25)16-17-10-11-19-6-2-3-7-20(19)12-17/h2-15H,16H2,1H3/b25-15-. The molecule has 1 aliphatic heterocycles. The zero-order chi connectivity index (χ0) is 26.8. The van der Waals surface area contributed by atoms with Gasteiger partial charge < -0.3 is 9.47 Å². The summed E-state index contributed by atoms with van der Waals surface area (Å²) in [5, 5.41) is 1.81. The third-order valence-electron chi connectivity index (χ3n) is 5.87. The fourth-order valence-corrected chi connectivity index (χ4v) is 5.83. The molecule has 9 heteroatoms. The van der Waals surface area contributed by atoms with Crippen LogP contribution in [0.4, 0.5) is 4.79 Å². The Hall–Kier alpha value is -3.40. The second kappa shape index (κ2) is 11.1. The lowest BCUT2D eigenvalue weighted by Crippen LogP contribution is -2.27. The highest BCUT2D eigenvalue weighted by Gasteiger charge is 2.35. The average Bonchev–Trinajstić information content (AvgIpc) is 3.17. The monoisotopic (exact) mass is 651 g/mol. The first kappa shape index (κ1) is 26.2. The Morgan fingerprint density at radius 3 is 2.42 bits per heavy atom. The van der Waals surface area contributed by atoms with E-state index in [-0.39, 0.29) is 23.4 Å². The van der Waals surface area contributed by atoms with Gasteiger partial charge in [-0.15, -0.1) is 0 Å². The molecule has 5 rings (SSSR count). The number of methoxy groups -OCH3 is 1. The highest BCUT2D eigenvalue weighted by molar-refractivity contribution is 9.10. The Bertz CT molecular complexity index is 1630. The summed E-state index contributed by atoms with van der Waals surface area (Å²) in [6.45, 7) is 0.184. The number of imide groups is 1. The number of esters is 1. The zero-order valence-corrected chi connectivity index (χ0v) is 23.9. The number of benzene rings is 4. The third kappa shape index (κ3) is 5.41. The van der Waals surface area contributed by atoms with Crippen molar-refractivity contribution in [2.24, 2.45) is 0 Å². The summed E-state index contributed by atoms with van der Waals surface area (Å²) < 4.78 is 12.1. The van der Waals surface area contributed by atoms with E-state index >= 15 is 0 Å². The number of hydrogen-bond acceptors (Lipinski definition) is 6. The van der Waals surface area contributed by atoms with E-state index in [2.05, 4.69) is 31.9 Å². The Labute approximate surface area is 239 Å². The molecule has 1 aliphatic rings. The minimum atomic E-state index is -0.556. The topological polar surface area (TPSA) is 72.9 Å². The van der Waals surface area contributed by atoms with Crippen molar-refractivity contribution >= 4 is 77.6 Å². The van der Waals surface area contributed by atoms with Crippen LogP contribution in [0.2, 0.25) is 0 Å². The van der Waals surface area contributed by atoms with E-state index in [0.717, 1.165) is 28.1 Å². The number of ether oxygens (including phenoxy) is 2. The average molecular weight is 653 g/mol. The molecule has 2 amide bonds. The van der Waals surface area contributed by atoms with Crippen molar-refractivity contribution in [1.82, 2.24) is 4.90 Å². The Morgan fingerprint density at radius 1 is 0.921 bits per heavy atom. The van der Waals surface area contributed by atoms with Crippen molar-refractivity contribution in [2.45, 2.75) is 6.54 Å². The summed E-state index contributed by atoms with van der Waals surface area (Å²) >= 11 is 7.68. The number of rotatable bonds is 6. The molecule has 0 aromatic heterocycles. The maximum Gasteiger partial charge on any atom is 0.344 e. The van der Waals surface area contributed by atoms with Gasteiger partial charge in [-0.3, -0.25) is 14.5 Å². The minimum Gasteiger partial charge on any atom is -0.493 e. The maximum absolute atomic E-state index is 13.1. The normalized spacial score (nSPS) is 14.4. The van der Waals surface area contributed by atoms with E-state index < -0.39 is 5.97 Å². The molecule has 4 aromatic carbocycles. The zero-order valence-electron chi connectivity index (χ0n) is 19.9. The Kier molecular flexibility index (Phi) is 7.69. The number of amides is 2. The number of nitrogens with zero attached hydrogens (tertiary/aromatic N) is 1. The summed E-state index contributed by atoms with van der Waals surface area (Å²) in [6, 6.07) is 24.1. The van der Waals surface area contributed by atoms with E-state index in [1.807, 2.05) is 42.5 Å². The van der Waals surface area contributed by atoms with Gasteiger partial charge in [-0.2, -0.15) is 0 Å². The molecule has 0 spiro atoms. The number of thioether (sulfide) groups is 1. The molecule has 0 unspecified atom stereocenters. The molecule has 1 fully saturated rings. The molecular formula is C29H19Br2NO5S. The number of carbonyl (C=O) groups is 3. The summed E-state index contributed by atoms with van der Waals surface area (Å²) in [5.74, 6) is -0.428. The number of hydrogen-bond donors (Lipinski definition) is 0. The van der Waals surface area contributed by atoms with Gasteiger partial charge in [0.25, 0.3) is 11.1 Å². The quantitative estimate of drug-likeness (QED) is 0.120. The number of carbonyl (C=O) groups excluding carboxylic acids is 3. The van der Waals surface area contributed by atoms with Gasteiger partial charge in [-0.05, 0) is 102 Å². The molecule has 0 bridgehead atoms. The third-order valence-corrected chi connectivity index (χ3v) is 8.05. The van der Waals surface area contributed by atoms with Gasteiger partial charge in [0.2, 0.25) is 0 Å². The molecule has 0 atom stereocenters. The SMILES string of the molecule is COc1cc(/C=C2\SC(=O)N(Cc3ccc4ccccc4c3)C2=O)cc(Br)c1OC(=O)c1ccccc1Br. The van der Waals surface area contributed by atoms with Crippen LogP contribution in [0.5, 0.6) is 11.5 Å². The Morgan fingerprint density at radius 2 is 1.66 bits per heavy atom. The highest BCUT2D eigenvalue weighted by atomic mass is 79.9. The molecule has 0 radical (unpaired) electrons. The molecule has 1 saturated heterocycles. The van der Waals surface area contributed by atoms with Crippen LogP contribution in [0, 0.1) is 0 Å². The minimum absolute atomic E-state index is 0.184. The van der Waals surface area contributed by atoms with Crippen LogP contribution < -0.4 is 9.47 Å². The fraction of sp³-hybridized carbons (Fsp3) is 0.0690. The molecule has 38 heavy (non-hydrogen) atoms. The van der Waals surface area contributed by atoms with Gasteiger partial charge in [0.1, 0.15) is 0 Å². The molecule has 190 valence electrons. The smallest absolute Gasteiger partial charge is 0.344 e.